The Bertz CT molecular complexity index is 1990. The van der Waals surface area contributed by atoms with Crippen LogP contribution in [-0.4, -0.2) is 73.4 Å². The van der Waals surface area contributed by atoms with Crippen molar-refractivity contribution in [2.24, 2.45) is 0 Å². The number of carbonyl (C=O) groups excluding carboxylic acids is 1. The molecule has 14 heteroatoms. The van der Waals surface area contributed by atoms with Crippen molar-refractivity contribution in [3.63, 3.8) is 0 Å². The van der Waals surface area contributed by atoms with Gasteiger partial charge in [0.05, 0.1) is 53.1 Å². The van der Waals surface area contributed by atoms with E-state index in [0.717, 1.165) is 84.6 Å². The first-order valence-electron chi connectivity index (χ1n) is 15.1. The highest BCUT2D eigenvalue weighted by atomic mass is 127. The predicted octanol–water partition coefficient (Wildman–Crippen LogP) is 8.18. The maximum absolute atomic E-state index is 13.2. The molecule has 8 rings (SSSR count). The van der Waals surface area contributed by atoms with Crippen LogP contribution in [0.25, 0.3) is 42.5 Å². The van der Waals surface area contributed by atoms with Gasteiger partial charge >= 0.3 is 12.1 Å². The largest absolute Gasteiger partial charge is 0.467 e. The lowest BCUT2D eigenvalue weighted by molar-refractivity contribution is 0.0123. The van der Waals surface area contributed by atoms with Gasteiger partial charge in [-0.3, -0.25) is 9.88 Å². The van der Waals surface area contributed by atoms with Crippen molar-refractivity contribution in [1.82, 2.24) is 29.4 Å². The molecule has 3 unspecified atom stereocenters. The van der Waals surface area contributed by atoms with Gasteiger partial charge in [0.15, 0.2) is 0 Å². The van der Waals surface area contributed by atoms with Crippen LogP contribution in [0.15, 0.2) is 24.5 Å². The number of piperazine rings is 1. The summed E-state index contributed by atoms with van der Waals surface area (Å²) in [6.45, 7) is 7.06. The highest BCUT2D eigenvalue weighted by Gasteiger charge is 2.45. The average molecular weight is 776 g/mol. The lowest BCUT2D eigenvalue weighted by atomic mass is 9.95. The van der Waals surface area contributed by atoms with Crippen LogP contribution in [0.1, 0.15) is 57.9 Å². The standard InChI is InChI=1S/C31H32ClIN7O3PS/c1-31(2,3)43-30(41)39-16-7-8-17(39)14-38(13-16)27-24-18-9-10-34-25(26(18)45-28(24)37-29(36-27)42-4)23-19-12-35-40(44-33)21(19)11-20(32)22(23)15-5-6-15/h9-12,15-17,44H,5-8,13-14H2,1-4H3. The number of methoxy groups -OCH3 is 1. The first-order valence-corrected chi connectivity index (χ1v) is 20.4. The Kier molecular flexibility index (Phi) is 7.31. The third-order valence-corrected chi connectivity index (χ3v) is 12.3. The van der Waals surface area contributed by atoms with Crippen LogP contribution in [0, 0.1) is 0 Å². The Morgan fingerprint density at radius 3 is 2.56 bits per heavy atom. The molecule has 1 aromatic carbocycles. The quantitative estimate of drug-likeness (QED) is 0.130. The number of fused-ring (bicyclic) bond motifs is 6. The summed E-state index contributed by atoms with van der Waals surface area (Å²) < 4.78 is 14.5. The predicted molar refractivity (Wildman–Crippen MR) is 190 cm³/mol. The number of benzene rings is 1. The molecule has 5 aromatic rings. The molecule has 1 amide bonds. The fraction of sp³-hybridized carbons (Fsp3) is 0.452. The summed E-state index contributed by atoms with van der Waals surface area (Å²) in [5, 5.41) is 8.58. The van der Waals surface area contributed by atoms with Crippen LogP contribution < -0.4 is 9.64 Å². The monoisotopic (exact) mass is 775 g/mol. The van der Waals surface area contributed by atoms with Gasteiger partial charge in [-0.05, 0) is 92.1 Å². The van der Waals surface area contributed by atoms with Crippen LogP contribution in [0.3, 0.4) is 0 Å². The second kappa shape index (κ2) is 11.0. The average Bonchev–Trinajstić information content (AvgIpc) is 3.55. The molecule has 2 saturated heterocycles. The molecule has 3 fully saturated rings. The zero-order chi connectivity index (χ0) is 31.2. The molecule has 45 heavy (non-hydrogen) atoms. The van der Waals surface area contributed by atoms with E-state index >= 15 is 0 Å². The molecule has 4 aromatic heterocycles. The Balaban J connectivity index is 1.28. The molecule has 3 aliphatic rings. The minimum absolute atomic E-state index is 0.0488. The normalized spacial score (nSPS) is 20.4. The number of hydrogen-bond acceptors (Lipinski definition) is 9. The molecular weight excluding hydrogens is 744 g/mol. The zero-order valence-electron chi connectivity index (χ0n) is 25.3. The lowest BCUT2D eigenvalue weighted by Crippen LogP contribution is -2.57. The van der Waals surface area contributed by atoms with Gasteiger partial charge in [0.25, 0.3) is 0 Å². The Labute approximate surface area is 284 Å². The van der Waals surface area contributed by atoms with Crippen LogP contribution in [-0.2, 0) is 4.74 Å². The first kappa shape index (κ1) is 29.8. The molecule has 0 N–H and O–H groups in total. The smallest absolute Gasteiger partial charge is 0.410 e. The maximum Gasteiger partial charge on any atom is 0.410 e. The number of thiophene rings is 1. The summed E-state index contributed by atoms with van der Waals surface area (Å²) in [6, 6.07) is 4.56. The Morgan fingerprint density at radius 1 is 1.13 bits per heavy atom. The summed E-state index contributed by atoms with van der Waals surface area (Å²) in [5.41, 5.74) is 3.62. The highest BCUT2D eigenvalue weighted by molar-refractivity contribution is 14.2. The van der Waals surface area contributed by atoms with Gasteiger partial charge in [-0.2, -0.15) is 15.1 Å². The Morgan fingerprint density at radius 2 is 1.89 bits per heavy atom. The van der Waals surface area contributed by atoms with Crippen molar-refractivity contribution in [1.29, 1.82) is 0 Å². The van der Waals surface area contributed by atoms with Crippen LogP contribution in [0.2, 0.25) is 5.02 Å². The zero-order valence-corrected chi connectivity index (χ0v) is 30.0. The number of nitrogens with zero attached hydrogens (tertiary/aromatic N) is 7. The van der Waals surface area contributed by atoms with Gasteiger partial charge < -0.3 is 14.4 Å². The maximum atomic E-state index is 13.2. The van der Waals surface area contributed by atoms with Crippen LogP contribution >= 0.6 is 51.4 Å². The molecule has 10 nitrogen and oxygen atoms in total. The summed E-state index contributed by atoms with van der Waals surface area (Å²) in [5.74, 6) is 1.25. The fourth-order valence-corrected chi connectivity index (χ4v) is 10.0. The lowest BCUT2D eigenvalue weighted by Gasteiger charge is -2.42. The number of amides is 1. The number of anilines is 1. The van der Waals surface area contributed by atoms with E-state index in [9.17, 15) is 4.79 Å². The minimum atomic E-state index is -0.537. The molecule has 234 valence electrons. The number of carbonyl (C=O) groups is 1. The van der Waals surface area contributed by atoms with E-state index in [4.69, 9.17) is 41.1 Å². The summed E-state index contributed by atoms with van der Waals surface area (Å²) in [6.07, 6.45) is 8.18. The molecule has 2 bridgehead atoms. The third kappa shape index (κ3) is 5.01. The van der Waals surface area contributed by atoms with E-state index in [-0.39, 0.29) is 18.2 Å². The number of aromatic nitrogens is 5. The van der Waals surface area contributed by atoms with Gasteiger partial charge in [0.2, 0.25) is 0 Å². The number of pyridine rings is 1. The van der Waals surface area contributed by atoms with E-state index in [1.807, 2.05) is 42.5 Å². The number of ether oxygens (including phenoxy) is 2. The van der Waals surface area contributed by atoms with Gasteiger partial charge in [0, 0.05) is 40.6 Å². The van der Waals surface area contributed by atoms with Gasteiger partial charge in [-0.1, -0.05) is 11.6 Å². The SMILES string of the molecule is COc1nc(N2CC3CCC(C2)N3C(=O)OC(C)(C)C)c2c(n1)sc1c(-c3c(C4CC4)c(Cl)cc4c3cnn4PI)nccc12. The van der Waals surface area contributed by atoms with Gasteiger partial charge in [-0.25, -0.2) is 9.25 Å². The molecule has 3 atom stereocenters. The fourth-order valence-electron chi connectivity index (χ4n) is 7.00. The van der Waals surface area contributed by atoms with Crippen molar-refractivity contribution in [2.45, 2.75) is 70.1 Å². The van der Waals surface area contributed by atoms with Crippen LogP contribution in [0.5, 0.6) is 6.01 Å². The van der Waals surface area contributed by atoms with E-state index < -0.39 is 5.60 Å². The molecule has 0 radical (unpaired) electrons. The minimum Gasteiger partial charge on any atom is -0.467 e. The highest BCUT2D eigenvalue weighted by Crippen LogP contribution is 2.53. The summed E-state index contributed by atoms with van der Waals surface area (Å²) in [7, 11) is 1.60. The first-order chi connectivity index (χ1) is 21.6. The Hall–Kier alpha value is -2.54. The number of hydrogen-bond donors (Lipinski definition) is 0. The second-order valence-electron chi connectivity index (χ2n) is 13.0. The molecule has 6 heterocycles. The van der Waals surface area contributed by atoms with E-state index in [1.165, 1.54) is 0 Å². The second-order valence-corrected chi connectivity index (χ2v) is 16.5. The number of halogens is 2. The molecule has 1 aliphatic carbocycles. The van der Waals surface area contributed by atoms with E-state index in [2.05, 4.69) is 39.1 Å². The molecule has 2 aliphatic heterocycles. The van der Waals surface area contributed by atoms with E-state index in [1.54, 1.807) is 18.4 Å². The molecule has 0 spiro atoms. The third-order valence-electron chi connectivity index (χ3n) is 8.95. The van der Waals surface area contributed by atoms with Crippen molar-refractivity contribution in [3.05, 3.63) is 35.1 Å². The van der Waals surface area contributed by atoms with Crippen molar-refractivity contribution in [3.8, 4) is 17.3 Å². The molecular formula is C31H32ClIN7O3PS. The summed E-state index contributed by atoms with van der Waals surface area (Å²) in [4.78, 5) is 33.1. The molecule has 1 saturated carbocycles. The number of rotatable bonds is 5. The van der Waals surface area contributed by atoms with Gasteiger partial charge in [0.1, 0.15) is 16.2 Å². The topological polar surface area (TPSA) is 98.5 Å². The van der Waals surface area contributed by atoms with Crippen molar-refractivity contribution in [2.75, 3.05) is 25.1 Å². The van der Waals surface area contributed by atoms with Crippen molar-refractivity contribution >= 4 is 94.5 Å². The van der Waals surface area contributed by atoms with E-state index in [0.29, 0.717) is 31.4 Å². The van der Waals surface area contributed by atoms with Gasteiger partial charge in [-0.15, -0.1) is 11.3 Å². The van der Waals surface area contributed by atoms with Crippen LogP contribution in [0.4, 0.5) is 10.6 Å². The van der Waals surface area contributed by atoms with Crippen molar-refractivity contribution < 1.29 is 14.3 Å². The summed E-state index contributed by atoms with van der Waals surface area (Å²) >= 11 is 11.0.